The minimum Gasteiger partial charge on any atom is -0.478 e. The first-order chi connectivity index (χ1) is 10.0. The van der Waals surface area contributed by atoms with Gasteiger partial charge in [-0.15, -0.1) is 0 Å². The molecule has 1 N–H and O–H groups in total. The van der Waals surface area contributed by atoms with E-state index in [2.05, 4.69) is 9.47 Å². The van der Waals surface area contributed by atoms with Gasteiger partial charge in [-0.2, -0.15) is 0 Å². The number of ether oxygens (including phenoxy) is 2. The minimum absolute atomic E-state index is 0.236. The molecule has 0 atom stereocenters. The second-order valence-electron chi connectivity index (χ2n) is 4.03. The molecule has 0 aliphatic rings. The predicted octanol–water partition coefficient (Wildman–Crippen LogP) is 2.28. The molecule has 0 bridgehead atoms. The van der Waals surface area contributed by atoms with Crippen LogP contribution >= 0.6 is 0 Å². The molecule has 0 aromatic heterocycles. The van der Waals surface area contributed by atoms with E-state index >= 15 is 0 Å². The number of carboxylic acid groups (broad SMARTS) is 1. The zero-order chi connectivity index (χ0) is 16.1. The van der Waals surface area contributed by atoms with Crippen molar-refractivity contribution in [2.75, 3.05) is 14.2 Å². The number of rotatable bonds is 6. The first-order valence-corrected chi connectivity index (χ1v) is 6.43. The maximum absolute atomic E-state index is 10.6. The lowest BCUT2D eigenvalue weighted by molar-refractivity contribution is -0.142. The number of unbranched alkanes of at least 4 members (excludes halogenated alkanes) is 1. The fraction of sp³-hybridized carbons (Fsp3) is 0.400. The van der Waals surface area contributed by atoms with Gasteiger partial charge in [-0.05, 0) is 25.0 Å². The molecule has 0 amide bonds. The van der Waals surface area contributed by atoms with E-state index in [0.717, 1.165) is 0 Å². The number of benzene rings is 1. The Kier molecular flexibility index (Phi) is 10.2. The highest BCUT2D eigenvalue weighted by molar-refractivity contribution is 5.87. The van der Waals surface area contributed by atoms with E-state index in [1.165, 1.54) is 14.2 Å². The molecule has 6 heteroatoms. The van der Waals surface area contributed by atoms with Crippen LogP contribution in [0.5, 0.6) is 0 Å². The highest BCUT2D eigenvalue weighted by atomic mass is 16.5. The Morgan fingerprint density at radius 2 is 1.33 bits per heavy atom. The average molecular weight is 296 g/mol. The molecule has 0 radical (unpaired) electrons. The van der Waals surface area contributed by atoms with Gasteiger partial charge < -0.3 is 14.6 Å². The highest BCUT2D eigenvalue weighted by Gasteiger charge is 2.02. The van der Waals surface area contributed by atoms with Crippen LogP contribution in [-0.2, 0) is 19.1 Å². The lowest BCUT2D eigenvalue weighted by atomic mass is 10.2. The molecule has 1 aromatic carbocycles. The van der Waals surface area contributed by atoms with Gasteiger partial charge in [0.1, 0.15) is 0 Å². The van der Waals surface area contributed by atoms with Crippen LogP contribution in [0.4, 0.5) is 0 Å². The Labute approximate surface area is 123 Å². The maximum Gasteiger partial charge on any atom is 0.335 e. The van der Waals surface area contributed by atoms with E-state index in [1.807, 2.05) is 0 Å². The normalized spacial score (nSPS) is 9.05. The van der Waals surface area contributed by atoms with Crippen LogP contribution in [0.15, 0.2) is 30.3 Å². The average Bonchev–Trinajstić information content (AvgIpc) is 2.52. The van der Waals surface area contributed by atoms with Crippen molar-refractivity contribution in [3.63, 3.8) is 0 Å². The minimum atomic E-state index is -0.879. The molecule has 6 nitrogen and oxygen atoms in total. The summed E-state index contributed by atoms with van der Waals surface area (Å²) in [5.41, 5.74) is 0.331. The summed E-state index contributed by atoms with van der Waals surface area (Å²) < 4.78 is 8.86. The van der Waals surface area contributed by atoms with Crippen molar-refractivity contribution in [1.82, 2.24) is 0 Å². The molecular weight excluding hydrogens is 276 g/mol. The first kappa shape index (κ1) is 18.6. The quantitative estimate of drug-likeness (QED) is 0.640. The van der Waals surface area contributed by atoms with Gasteiger partial charge in [-0.1, -0.05) is 18.2 Å². The number of carbonyl (C=O) groups is 3. The number of carbonyl (C=O) groups excluding carboxylic acids is 2. The van der Waals surface area contributed by atoms with Crippen LogP contribution in [0.1, 0.15) is 36.0 Å². The molecule has 116 valence electrons. The van der Waals surface area contributed by atoms with Crippen LogP contribution < -0.4 is 0 Å². The van der Waals surface area contributed by atoms with E-state index in [0.29, 0.717) is 31.2 Å². The van der Waals surface area contributed by atoms with Crippen molar-refractivity contribution in [2.45, 2.75) is 25.7 Å². The number of aromatic carboxylic acids is 1. The van der Waals surface area contributed by atoms with Crippen LogP contribution in [-0.4, -0.2) is 37.2 Å². The number of carboxylic acids is 1. The van der Waals surface area contributed by atoms with Gasteiger partial charge in [-0.3, -0.25) is 9.59 Å². The van der Waals surface area contributed by atoms with Crippen LogP contribution in [0.2, 0.25) is 0 Å². The SMILES string of the molecule is COC(=O)CCCCC(=O)OC.O=C(O)c1ccccc1. The summed E-state index contributed by atoms with van der Waals surface area (Å²) >= 11 is 0. The molecule has 1 aromatic rings. The summed E-state index contributed by atoms with van der Waals surface area (Å²) in [6, 6.07) is 8.30. The van der Waals surface area contributed by atoms with Crippen molar-refractivity contribution in [3.8, 4) is 0 Å². The van der Waals surface area contributed by atoms with Gasteiger partial charge in [0.25, 0.3) is 0 Å². The third kappa shape index (κ3) is 10.1. The van der Waals surface area contributed by atoms with Gasteiger partial charge in [0.15, 0.2) is 0 Å². The fourth-order valence-electron chi connectivity index (χ4n) is 1.32. The van der Waals surface area contributed by atoms with Crippen molar-refractivity contribution >= 4 is 17.9 Å². The number of esters is 2. The van der Waals surface area contributed by atoms with Crippen LogP contribution in [0.3, 0.4) is 0 Å². The molecule has 0 spiro atoms. The summed E-state index contributed by atoms with van der Waals surface area (Å²) in [4.78, 5) is 31.4. The molecule has 0 aliphatic carbocycles. The zero-order valence-corrected chi connectivity index (χ0v) is 12.2. The fourth-order valence-corrected chi connectivity index (χ4v) is 1.32. The summed E-state index contributed by atoms with van der Waals surface area (Å²) in [7, 11) is 2.70. The topological polar surface area (TPSA) is 89.9 Å². The summed E-state index contributed by atoms with van der Waals surface area (Å²) in [5, 5.41) is 8.38. The van der Waals surface area contributed by atoms with Crippen LogP contribution in [0, 0.1) is 0 Å². The van der Waals surface area contributed by atoms with Gasteiger partial charge in [0.05, 0.1) is 19.8 Å². The Morgan fingerprint density at radius 1 is 0.905 bits per heavy atom. The van der Waals surface area contributed by atoms with E-state index in [4.69, 9.17) is 5.11 Å². The van der Waals surface area contributed by atoms with Gasteiger partial charge >= 0.3 is 17.9 Å². The zero-order valence-electron chi connectivity index (χ0n) is 12.2. The van der Waals surface area contributed by atoms with Crippen molar-refractivity contribution < 1.29 is 29.0 Å². The van der Waals surface area contributed by atoms with E-state index < -0.39 is 5.97 Å². The van der Waals surface area contributed by atoms with Gasteiger partial charge in [0.2, 0.25) is 0 Å². The van der Waals surface area contributed by atoms with E-state index in [9.17, 15) is 14.4 Å². The molecule has 0 heterocycles. The second-order valence-corrected chi connectivity index (χ2v) is 4.03. The molecule has 0 fully saturated rings. The van der Waals surface area contributed by atoms with Crippen LogP contribution in [0.25, 0.3) is 0 Å². The summed E-state index contributed by atoms with van der Waals surface area (Å²) in [6.07, 6.45) is 2.07. The molecule has 0 aliphatic heterocycles. The molecule has 21 heavy (non-hydrogen) atoms. The standard InChI is InChI=1S/C8H14O4.C7H6O2/c1-11-7(9)5-3-4-6-8(10)12-2;8-7(9)6-4-2-1-3-5-6/h3-6H2,1-2H3;1-5H,(H,8,9). The Morgan fingerprint density at radius 3 is 1.62 bits per heavy atom. The molecule has 0 unspecified atom stereocenters. The molecule has 1 rings (SSSR count). The Hall–Kier alpha value is -2.37. The Balaban J connectivity index is 0.000000394. The first-order valence-electron chi connectivity index (χ1n) is 6.43. The molecule has 0 saturated carbocycles. The van der Waals surface area contributed by atoms with Gasteiger partial charge in [0, 0.05) is 12.8 Å². The van der Waals surface area contributed by atoms with Gasteiger partial charge in [-0.25, -0.2) is 4.79 Å². The smallest absolute Gasteiger partial charge is 0.335 e. The molecule has 0 saturated heterocycles. The number of hydrogen-bond donors (Lipinski definition) is 1. The largest absolute Gasteiger partial charge is 0.478 e. The lowest BCUT2D eigenvalue weighted by Crippen LogP contribution is -2.02. The monoisotopic (exact) mass is 296 g/mol. The third-order valence-corrected chi connectivity index (χ3v) is 2.49. The lowest BCUT2D eigenvalue weighted by Gasteiger charge is -1.98. The summed E-state index contributed by atoms with van der Waals surface area (Å²) in [5.74, 6) is -1.35. The van der Waals surface area contributed by atoms with Crippen molar-refractivity contribution in [1.29, 1.82) is 0 Å². The summed E-state index contributed by atoms with van der Waals surface area (Å²) in [6.45, 7) is 0. The van der Waals surface area contributed by atoms with Crippen molar-refractivity contribution in [2.24, 2.45) is 0 Å². The predicted molar refractivity (Wildman–Crippen MR) is 75.9 cm³/mol. The number of methoxy groups -OCH3 is 2. The van der Waals surface area contributed by atoms with E-state index in [-0.39, 0.29) is 11.9 Å². The van der Waals surface area contributed by atoms with Crippen molar-refractivity contribution in [3.05, 3.63) is 35.9 Å². The second kappa shape index (κ2) is 11.5. The highest BCUT2D eigenvalue weighted by Crippen LogP contribution is 2.01. The maximum atomic E-state index is 10.6. The Bertz CT molecular complexity index is 423. The molecular formula is C15H20O6. The number of hydrogen-bond acceptors (Lipinski definition) is 5. The van der Waals surface area contributed by atoms with E-state index in [1.54, 1.807) is 30.3 Å². The third-order valence-electron chi connectivity index (χ3n) is 2.49.